The van der Waals surface area contributed by atoms with Gasteiger partial charge in [-0.1, -0.05) is 23.7 Å². The van der Waals surface area contributed by atoms with Crippen LogP contribution in [-0.4, -0.2) is 40.2 Å². The fourth-order valence-corrected chi connectivity index (χ4v) is 3.65. The molecule has 0 spiro atoms. The zero-order chi connectivity index (χ0) is 21.1. The molecule has 0 aromatic heterocycles. The van der Waals surface area contributed by atoms with Crippen LogP contribution in [0.1, 0.15) is 21.5 Å². The van der Waals surface area contributed by atoms with Gasteiger partial charge in [0, 0.05) is 10.7 Å². The lowest BCUT2D eigenvalue weighted by atomic mass is 10.1. The summed E-state index contributed by atoms with van der Waals surface area (Å²) >= 11 is 6.09. The van der Waals surface area contributed by atoms with Gasteiger partial charge in [-0.25, -0.2) is 13.2 Å². The molecule has 0 unspecified atom stereocenters. The van der Waals surface area contributed by atoms with Crippen LogP contribution in [0.3, 0.4) is 0 Å². The molecule has 9 heteroatoms. The van der Waals surface area contributed by atoms with Gasteiger partial charge in [-0.05, 0) is 49.2 Å². The second-order valence-electron chi connectivity index (χ2n) is 6.22. The summed E-state index contributed by atoms with van der Waals surface area (Å²) in [6, 6.07) is 9.56. The van der Waals surface area contributed by atoms with Gasteiger partial charge >= 0.3 is 5.97 Å². The Labute approximate surface area is 169 Å². The molecule has 0 saturated carbocycles. The zero-order valence-corrected chi connectivity index (χ0v) is 17.5. The summed E-state index contributed by atoms with van der Waals surface area (Å²) in [6.07, 6.45) is 1.02. The van der Waals surface area contributed by atoms with Gasteiger partial charge in [-0.15, -0.1) is 0 Å². The van der Waals surface area contributed by atoms with E-state index in [4.69, 9.17) is 11.6 Å². The molecular weight excluding hydrogens is 404 g/mol. The maximum Gasteiger partial charge on any atom is 0.337 e. The summed E-state index contributed by atoms with van der Waals surface area (Å²) in [5.74, 6) is -1.10. The van der Waals surface area contributed by atoms with Gasteiger partial charge in [0.1, 0.15) is 6.54 Å². The van der Waals surface area contributed by atoms with E-state index in [1.165, 1.54) is 13.2 Å². The Morgan fingerprint density at radius 2 is 1.86 bits per heavy atom. The molecule has 2 rings (SSSR count). The Morgan fingerprint density at radius 3 is 2.46 bits per heavy atom. The molecule has 0 bridgehead atoms. The van der Waals surface area contributed by atoms with E-state index in [1.807, 2.05) is 0 Å². The topological polar surface area (TPSA) is 92.8 Å². The number of carbonyl (C=O) groups excluding carboxylic acids is 2. The van der Waals surface area contributed by atoms with Crippen LogP contribution < -0.4 is 9.62 Å². The number of hydrogen-bond acceptors (Lipinski definition) is 5. The second-order valence-corrected chi connectivity index (χ2v) is 8.54. The van der Waals surface area contributed by atoms with Crippen LogP contribution in [0, 0.1) is 13.8 Å². The molecule has 0 fully saturated rings. The van der Waals surface area contributed by atoms with Crippen molar-refractivity contribution in [1.29, 1.82) is 0 Å². The number of halogens is 1. The van der Waals surface area contributed by atoms with E-state index in [0.29, 0.717) is 27.5 Å². The highest BCUT2D eigenvalue weighted by Crippen LogP contribution is 2.28. The normalized spacial score (nSPS) is 11.0. The van der Waals surface area contributed by atoms with Crippen LogP contribution in [0.5, 0.6) is 0 Å². The van der Waals surface area contributed by atoms with Crippen molar-refractivity contribution in [3.05, 3.63) is 58.1 Å². The van der Waals surface area contributed by atoms with Crippen LogP contribution in [0.15, 0.2) is 36.4 Å². The minimum absolute atomic E-state index is 0.272. The summed E-state index contributed by atoms with van der Waals surface area (Å²) in [5, 5.41) is 3.05. The minimum atomic E-state index is -3.74. The Bertz CT molecular complexity index is 1020. The first kappa shape index (κ1) is 21.7. The number of nitrogens with zero attached hydrogens (tertiary/aromatic N) is 1. The van der Waals surface area contributed by atoms with E-state index in [0.717, 1.165) is 10.6 Å². The predicted molar refractivity (Wildman–Crippen MR) is 110 cm³/mol. The minimum Gasteiger partial charge on any atom is -0.465 e. The fourth-order valence-electron chi connectivity index (χ4n) is 2.57. The first-order chi connectivity index (χ1) is 13.0. The number of nitrogens with one attached hydrogen (secondary N) is 1. The van der Waals surface area contributed by atoms with Crippen molar-refractivity contribution in [2.24, 2.45) is 0 Å². The molecule has 2 aromatic rings. The number of hydrogen-bond donors (Lipinski definition) is 1. The third-order valence-electron chi connectivity index (χ3n) is 4.13. The smallest absolute Gasteiger partial charge is 0.337 e. The first-order valence-electron chi connectivity index (χ1n) is 8.26. The van der Waals surface area contributed by atoms with Gasteiger partial charge in [-0.2, -0.15) is 0 Å². The highest BCUT2D eigenvalue weighted by molar-refractivity contribution is 7.92. The van der Waals surface area contributed by atoms with Gasteiger partial charge in [0.05, 0.1) is 24.6 Å². The number of rotatable bonds is 6. The largest absolute Gasteiger partial charge is 0.465 e. The molecule has 150 valence electrons. The summed E-state index contributed by atoms with van der Waals surface area (Å²) in [5.41, 5.74) is 2.25. The third kappa shape index (κ3) is 5.02. The third-order valence-corrected chi connectivity index (χ3v) is 5.66. The molecule has 2 aromatic carbocycles. The van der Waals surface area contributed by atoms with E-state index in [2.05, 4.69) is 10.1 Å². The van der Waals surface area contributed by atoms with Gasteiger partial charge in [-0.3, -0.25) is 9.10 Å². The van der Waals surface area contributed by atoms with Crippen molar-refractivity contribution in [2.45, 2.75) is 13.8 Å². The van der Waals surface area contributed by atoms with Crippen LogP contribution in [-0.2, 0) is 19.6 Å². The standard InChI is InChI=1S/C19H21ClN2O5S/c1-12-8-9-14(19(24)27-3)10-16(12)21-18(23)11-22(28(4,25)26)17-7-5-6-15(20)13(17)2/h5-10H,11H2,1-4H3,(H,21,23). The first-order valence-corrected chi connectivity index (χ1v) is 10.5. The van der Waals surface area contributed by atoms with Crippen LogP contribution in [0.2, 0.25) is 5.02 Å². The van der Waals surface area contributed by atoms with Gasteiger partial charge < -0.3 is 10.1 Å². The lowest BCUT2D eigenvalue weighted by Crippen LogP contribution is -2.38. The number of amides is 1. The molecule has 0 heterocycles. The molecule has 0 radical (unpaired) electrons. The molecule has 7 nitrogen and oxygen atoms in total. The Balaban J connectivity index is 2.31. The molecule has 0 aliphatic carbocycles. The second kappa shape index (κ2) is 8.62. The molecule has 1 N–H and O–H groups in total. The molecule has 0 aliphatic rings. The maximum atomic E-state index is 12.6. The SMILES string of the molecule is COC(=O)c1ccc(C)c(NC(=O)CN(c2cccc(Cl)c2C)S(C)(=O)=O)c1. The molecule has 1 amide bonds. The predicted octanol–water partition coefficient (Wildman–Crippen LogP) is 3.15. The van der Waals surface area contributed by atoms with Crippen molar-refractivity contribution in [1.82, 2.24) is 0 Å². The van der Waals surface area contributed by atoms with E-state index >= 15 is 0 Å². The van der Waals surface area contributed by atoms with Gasteiger partial charge in [0.15, 0.2) is 0 Å². The van der Waals surface area contributed by atoms with Gasteiger partial charge in [0.25, 0.3) is 0 Å². The number of carbonyl (C=O) groups is 2. The lowest BCUT2D eigenvalue weighted by Gasteiger charge is -2.24. The number of benzene rings is 2. The monoisotopic (exact) mass is 424 g/mol. The number of anilines is 2. The summed E-state index contributed by atoms with van der Waals surface area (Å²) < 4.78 is 30.2. The highest BCUT2D eigenvalue weighted by atomic mass is 35.5. The van der Waals surface area contributed by atoms with Crippen molar-refractivity contribution in [2.75, 3.05) is 29.5 Å². The quantitative estimate of drug-likeness (QED) is 0.719. The molecule has 0 saturated heterocycles. The number of ether oxygens (including phenoxy) is 1. The number of methoxy groups -OCH3 is 1. The molecular formula is C19H21ClN2O5S. The average molecular weight is 425 g/mol. The molecule has 0 atom stereocenters. The maximum absolute atomic E-state index is 12.6. The number of sulfonamides is 1. The van der Waals surface area contributed by atoms with Crippen molar-refractivity contribution < 1.29 is 22.7 Å². The van der Waals surface area contributed by atoms with Crippen LogP contribution in [0.25, 0.3) is 0 Å². The van der Waals surface area contributed by atoms with Gasteiger partial charge in [0.2, 0.25) is 15.9 Å². The van der Waals surface area contributed by atoms with Crippen molar-refractivity contribution in [3.8, 4) is 0 Å². The number of aryl methyl sites for hydroxylation is 1. The van der Waals surface area contributed by atoms with Crippen molar-refractivity contribution in [3.63, 3.8) is 0 Å². The summed E-state index contributed by atoms with van der Waals surface area (Å²) in [4.78, 5) is 24.3. The molecule has 0 aliphatic heterocycles. The van der Waals surface area contributed by atoms with E-state index < -0.39 is 28.4 Å². The van der Waals surface area contributed by atoms with E-state index in [-0.39, 0.29) is 5.56 Å². The fraction of sp³-hybridized carbons (Fsp3) is 0.263. The van der Waals surface area contributed by atoms with Crippen molar-refractivity contribution >= 4 is 44.9 Å². The Morgan fingerprint density at radius 1 is 1.18 bits per heavy atom. The summed E-state index contributed by atoms with van der Waals surface area (Å²) in [6.45, 7) is 2.99. The van der Waals surface area contributed by atoms with E-state index in [1.54, 1.807) is 44.2 Å². The lowest BCUT2D eigenvalue weighted by molar-refractivity contribution is -0.114. The van der Waals surface area contributed by atoms with Crippen LogP contribution >= 0.6 is 11.6 Å². The van der Waals surface area contributed by atoms with E-state index in [9.17, 15) is 18.0 Å². The summed E-state index contributed by atoms with van der Waals surface area (Å²) in [7, 11) is -2.48. The zero-order valence-electron chi connectivity index (χ0n) is 15.9. The molecule has 28 heavy (non-hydrogen) atoms. The Kier molecular flexibility index (Phi) is 6.69. The number of esters is 1. The highest BCUT2D eigenvalue weighted by Gasteiger charge is 2.23. The van der Waals surface area contributed by atoms with Crippen LogP contribution in [0.4, 0.5) is 11.4 Å². The Hall–Kier alpha value is -2.58. The average Bonchev–Trinajstić information content (AvgIpc) is 2.62.